The molecule has 0 bridgehead atoms. The average Bonchev–Trinajstić information content (AvgIpc) is 3.02. The fourth-order valence-electron chi connectivity index (χ4n) is 5.66. The fraction of sp³-hybridized carbons (Fsp3) is 0.412. The second-order valence-corrected chi connectivity index (χ2v) is 15.6. The van der Waals surface area contributed by atoms with Gasteiger partial charge in [-0.3, -0.25) is 4.79 Å². The van der Waals surface area contributed by atoms with Crippen LogP contribution in [0.4, 0.5) is 4.79 Å². The van der Waals surface area contributed by atoms with Gasteiger partial charge in [-0.1, -0.05) is 52.3 Å². The SMILES string of the molecule is COc1cccc(OC)c1-c1ccc(C[C@H](NCC2(S(=O)(=O)c3cccc(Br)c3)CCCN(C(=O)OC(C)(C)C)C2)C(=O)O)cc1. The van der Waals surface area contributed by atoms with Gasteiger partial charge in [0.25, 0.3) is 0 Å². The van der Waals surface area contributed by atoms with Crippen molar-refractivity contribution in [2.24, 2.45) is 0 Å². The van der Waals surface area contributed by atoms with Crippen LogP contribution in [0.25, 0.3) is 11.1 Å². The van der Waals surface area contributed by atoms with Gasteiger partial charge in [0.05, 0.1) is 24.7 Å². The van der Waals surface area contributed by atoms with Crippen LogP contribution >= 0.6 is 15.9 Å². The Hall–Kier alpha value is -3.61. The molecule has 0 radical (unpaired) electrons. The summed E-state index contributed by atoms with van der Waals surface area (Å²) >= 11 is 3.36. The molecule has 4 rings (SSSR count). The van der Waals surface area contributed by atoms with Crippen molar-refractivity contribution in [3.63, 3.8) is 0 Å². The molecule has 10 nitrogen and oxygen atoms in total. The zero-order valence-electron chi connectivity index (χ0n) is 26.7. The van der Waals surface area contributed by atoms with E-state index in [9.17, 15) is 23.1 Å². The molecule has 2 atom stereocenters. The van der Waals surface area contributed by atoms with Crippen LogP contribution in [0.1, 0.15) is 39.2 Å². The van der Waals surface area contributed by atoms with Gasteiger partial charge in [-0.15, -0.1) is 0 Å². The Labute approximate surface area is 279 Å². The monoisotopic (exact) mass is 716 g/mol. The number of aliphatic carboxylic acids is 1. The second kappa shape index (κ2) is 14.4. The largest absolute Gasteiger partial charge is 0.496 e. The molecule has 12 heteroatoms. The lowest BCUT2D eigenvalue weighted by molar-refractivity contribution is -0.139. The van der Waals surface area contributed by atoms with Crippen LogP contribution in [0.2, 0.25) is 0 Å². The summed E-state index contributed by atoms with van der Waals surface area (Å²) in [6.07, 6.45) is 0.125. The van der Waals surface area contributed by atoms with Gasteiger partial charge in [0.2, 0.25) is 0 Å². The number of nitrogens with one attached hydrogen (secondary N) is 1. The minimum atomic E-state index is -4.06. The number of ether oxygens (including phenoxy) is 3. The summed E-state index contributed by atoms with van der Waals surface area (Å²) in [6, 6.07) is 18.2. The average molecular weight is 718 g/mol. The Morgan fingerprint density at radius 3 is 2.22 bits per heavy atom. The number of halogens is 1. The summed E-state index contributed by atoms with van der Waals surface area (Å²) < 4.78 is 44.4. The fourth-order valence-corrected chi connectivity index (χ4v) is 8.26. The molecule has 1 saturated heterocycles. The zero-order valence-corrected chi connectivity index (χ0v) is 29.1. The van der Waals surface area contributed by atoms with Crippen molar-refractivity contribution >= 4 is 37.8 Å². The number of amides is 1. The van der Waals surface area contributed by atoms with Gasteiger partial charge < -0.3 is 29.5 Å². The number of hydrogen-bond acceptors (Lipinski definition) is 8. The molecule has 0 aromatic heterocycles. The topological polar surface area (TPSA) is 131 Å². The van der Waals surface area contributed by atoms with Crippen LogP contribution < -0.4 is 14.8 Å². The number of carbonyl (C=O) groups excluding carboxylic acids is 1. The van der Waals surface area contributed by atoms with Crippen LogP contribution in [0.3, 0.4) is 0 Å². The molecule has 0 aliphatic carbocycles. The summed E-state index contributed by atoms with van der Waals surface area (Å²) in [5.74, 6) is 0.161. The number of methoxy groups -OCH3 is 2. The van der Waals surface area contributed by atoms with E-state index in [1.165, 1.54) is 17.0 Å². The normalized spacial score (nSPS) is 17.7. The molecule has 1 fully saturated rings. The van der Waals surface area contributed by atoms with Crippen LogP contribution in [0.5, 0.6) is 11.5 Å². The van der Waals surface area contributed by atoms with E-state index in [4.69, 9.17) is 14.2 Å². The number of rotatable bonds is 11. The smallest absolute Gasteiger partial charge is 0.410 e. The summed E-state index contributed by atoms with van der Waals surface area (Å²) in [5, 5.41) is 13.3. The Bertz CT molecular complexity index is 1630. The van der Waals surface area contributed by atoms with E-state index >= 15 is 0 Å². The van der Waals surface area contributed by atoms with E-state index in [2.05, 4.69) is 21.2 Å². The molecule has 46 heavy (non-hydrogen) atoms. The number of carboxylic acid groups (broad SMARTS) is 1. The molecule has 1 aliphatic rings. The summed E-state index contributed by atoms with van der Waals surface area (Å²) in [5.41, 5.74) is 1.58. The quantitative estimate of drug-likeness (QED) is 0.247. The highest BCUT2D eigenvalue weighted by Crippen LogP contribution is 2.39. The molecule has 2 N–H and O–H groups in total. The van der Waals surface area contributed by atoms with Gasteiger partial charge in [-0.05, 0) is 81.5 Å². The number of sulfone groups is 1. The van der Waals surface area contributed by atoms with E-state index < -0.39 is 38.3 Å². The van der Waals surface area contributed by atoms with Crippen molar-refractivity contribution in [3.8, 4) is 22.6 Å². The molecule has 1 amide bonds. The highest BCUT2D eigenvalue weighted by atomic mass is 79.9. The maximum absolute atomic E-state index is 14.3. The second-order valence-electron chi connectivity index (χ2n) is 12.4. The molecular formula is C34H41BrN2O8S. The number of nitrogens with zero attached hydrogens (tertiary/aromatic N) is 1. The highest BCUT2D eigenvalue weighted by molar-refractivity contribution is 9.10. The van der Waals surface area contributed by atoms with Gasteiger partial charge in [0.1, 0.15) is 27.9 Å². The van der Waals surface area contributed by atoms with Gasteiger partial charge in [-0.2, -0.15) is 0 Å². The molecule has 3 aromatic rings. The van der Waals surface area contributed by atoms with E-state index in [-0.39, 0.29) is 30.8 Å². The van der Waals surface area contributed by atoms with Crippen molar-refractivity contribution in [2.75, 3.05) is 33.9 Å². The van der Waals surface area contributed by atoms with Gasteiger partial charge in [-0.25, -0.2) is 13.2 Å². The number of piperidine rings is 1. The first-order valence-corrected chi connectivity index (χ1v) is 17.2. The van der Waals surface area contributed by atoms with Crippen LogP contribution in [0.15, 0.2) is 76.1 Å². The molecule has 3 aromatic carbocycles. The third-order valence-corrected chi connectivity index (χ3v) is 10.9. The van der Waals surface area contributed by atoms with Crippen LogP contribution in [-0.2, 0) is 25.8 Å². The summed E-state index contributed by atoms with van der Waals surface area (Å²) in [4.78, 5) is 27.1. The Morgan fingerprint density at radius 2 is 1.65 bits per heavy atom. The lowest BCUT2D eigenvalue weighted by Gasteiger charge is -2.43. The van der Waals surface area contributed by atoms with Gasteiger partial charge in [0.15, 0.2) is 9.84 Å². The maximum Gasteiger partial charge on any atom is 0.410 e. The van der Waals surface area contributed by atoms with E-state index in [1.54, 1.807) is 47.1 Å². The Balaban J connectivity index is 1.62. The van der Waals surface area contributed by atoms with Crippen molar-refractivity contribution in [2.45, 2.75) is 61.3 Å². The van der Waals surface area contributed by atoms with E-state index in [0.29, 0.717) is 28.9 Å². The number of likely N-dealkylation sites (tertiary alicyclic amines) is 1. The molecule has 248 valence electrons. The van der Waals surface area contributed by atoms with Crippen molar-refractivity contribution in [3.05, 3.63) is 76.8 Å². The van der Waals surface area contributed by atoms with Gasteiger partial charge >= 0.3 is 12.1 Å². The highest BCUT2D eigenvalue weighted by Gasteiger charge is 2.49. The summed E-state index contributed by atoms with van der Waals surface area (Å²) in [6.45, 7) is 5.24. The Kier molecular flexibility index (Phi) is 11.1. The number of hydrogen-bond donors (Lipinski definition) is 2. The predicted molar refractivity (Wildman–Crippen MR) is 179 cm³/mol. The van der Waals surface area contributed by atoms with Crippen LogP contribution in [0, 0.1) is 0 Å². The first-order valence-electron chi connectivity index (χ1n) is 14.9. The minimum Gasteiger partial charge on any atom is -0.496 e. The van der Waals surface area contributed by atoms with Crippen LogP contribution in [-0.4, -0.2) is 80.7 Å². The number of carboxylic acids is 1. The third-order valence-electron chi connectivity index (χ3n) is 7.95. The third kappa shape index (κ3) is 8.02. The van der Waals surface area contributed by atoms with Crippen molar-refractivity contribution in [1.29, 1.82) is 0 Å². The molecular weight excluding hydrogens is 676 g/mol. The van der Waals surface area contributed by atoms with Crippen molar-refractivity contribution < 1.29 is 37.3 Å². The predicted octanol–water partition coefficient (Wildman–Crippen LogP) is 5.96. The maximum atomic E-state index is 14.3. The standard InChI is InChI=1S/C34H41BrN2O8S/c1-33(2,3)45-32(40)37-18-8-17-34(22-37,46(41,42)26-10-6-9-25(35)20-26)21-36-27(31(38)39)19-23-13-15-24(16-14-23)30-28(43-4)11-7-12-29(30)44-5/h6-7,9-16,20,27,36H,8,17-19,21-22H2,1-5H3,(H,38,39)/t27-,34?/m0/s1. The molecule has 1 heterocycles. The lowest BCUT2D eigenvalue weighted by Crippen LogP contribution is -2.61. The molecule has 1 aliphatic heterocycles. The number of carbonyl (C=O) groups is 2. The van der Waals surface area contributed by atoms with E-state index in [1.807, 2.05) is 42.5 Å². The molecule has 0 saturated carbocycles. The first-order chi connectivity index (χ1) is 21.7. The Morgan fingerprint density at radius 1 is 1.02 bits per heavy atom. The zero-order chi connectivity index (χ0) is 33.7. The van der Waals surface area contributed by atoms with Gasteiger partial charge in [0, 0.05) is 24.1 Å². The summed E-state index contributed by atoms with van der Waals surface area (Å²) in [7, 11) is -0.895. The van der Waals surface area contributed by atoms with Crippen molar-refractivity contribution in [1.82, 2.24) is 10.2 Å². The molecule has 0 spiro atoms. The minimum absolute atomic E-state index is 0.0870. The van der Waals surface area contributed by atoms with E-state index in [0.717, 1.165) is 16.7 Å². The number of benzene rings is 3. The first kappa shape index (κ1) is 35.2. The molecule has 1 unspecified atom stereocenters. The lowest BCUT2D eigenvalue weighted by atomic mass is 9.95.